The Balaban J connectivity index is 2.50. The minimum absolute atomic E-state index is 0.0773. The van der Waals surface area contributed by atoms with Crippen molar-refractivity contribution in [2.24, 2.45) is 5.84 Å². The van der Waals surface area contributed by atoms with E-state index in [0.29, 0.717) is 11.1 Å². The molecule has 0 aliphatic rings. The molecule has 0 bridgehead atoms. The number of hydrogen-bond acceptors (Lipinski definition) is 2. The fourth-order valence-corrected chi connectivity index (χ4v) is 1.96. The van der Waals surface area contributed by atoms with E-state index >= 15 is 0 Å². The number of aryl methyl sites for hydroxylation is 1. The van der Waals surface area contributed by atoms with Gasteiger partial charge in [0.05, 0.1) is 6.04 Å². The summed E-state index contributed by atoms with van der Waals surface area (Å²) < 4.78 is 40.2. The molecule has 100 valence electrons. The summed E-state index contributed by atoms with van der Waals surface area (Å²) in [6, 6.07) is 7.42. The molecule has 0 aromatic heterocycles. The summed E-state index contributed by atoms with van der Waals surface area (Å²) >= 11 is 0. The number of rotatable bonds is 3. The average molecular weight is 266 g/mol. The number of hydrazine groups is 1. The van der Waals surface area contributed by atoms with Crippen LogP contribution in [0.4, 0.5) is 13.2 Å². The van der Waals surface area contributed by atoms with Gasteiger partial charge in [-0.25, -0.2) is 18.6 Å². The van der Waals surface area contributed by atoms with Crippen molar-refractivity contribution < 1.29 is 13.2 Å². The lowest BCUT2D eigenvalue weighted by Gasteiger charge is -2.18. The second kappa shape index (κ2) is 5.42. The molecule has 0 aliphatic carbocycles. The topological polar surface area (TPSA) is 38.0 Å². The summed E-state index contributed by atoms with van der Waals surface area (Å²) in [6.45, 7) is 1.59. The fraction of sp³-hybridized carbons (Fsp3) is 0.143. The third-order valence-corrected chi connectivity index (χ3v) is 2.97. The van der Waals surface area contributed by atoms with E-state index < -0.39 is 17.7 Å². The fourth-order valence-electron chi connectivity index (χ4n) is 1.96. The Morgan fingerprint density at radius 2 is 1.79 bits per heavy atom. The third-order valence-electron chi connectivity index (χ3n) is 2.97. The molecule has 0 aliphatic heterocycles. The summed E-state index contributed by atoms with van der Waals surface area (Å²) in [5.74, 6) is 3.14. The Morgan fingerprint density at radius 1 is 1.05 bits per heavy atom. The van der Waals surface area contributed by atoms with Crippen LogP contribution in [0.2, 0.25) is 0 Å². The standard InChI is InChI=1S/C14H13F3N2/c1-8-7-9(5-6-11(8)15)14(19-18)10-3-2-4-12(16)13(10)17/h2-7,14,19H,18H2,1H3. The molecule has 0 saturated heterocycles. The van der Waals surface area contributed by atoms with Crippen molar-refractivity contribution in [1.29, 1.82) is 0 Å². The minimum atomic E-state index is -0.965. The van der Waals surface area contributed by atoms with Crippen molar-refractivity contribution in [2.45, 2.75) is 13.0 Å². The molecule has 2 aromatic carbocycles. The molecule has 2 rings (SSSR count). The van der Waals surface area contributed by atoms with Gasteiger partial charge in [0, 0.05) is 5.56 Å². The lowest BCUT2D eigenvalue weighted by molar-refractivity contribution is 0.483. The van der Waals surface area contributed by atoms with Crippen molar-refractivity contribution in [3.63, 3.8) is 0 Å². The molecule has 2 nitrogen and oxygen atoms in total. The summed E-state index contributed by atoms with van der Waals surface area (Å²) in [4.78, 5) is 0. The van der Waals surface area contributed by atoms with Gasteiger partial charge in [0.25, 0.3) is 0 Å². The van der Waals surface area contributed by atoms with Crippen LogP contribution in [-0.2, 0) is 0 Å². The number of hydrogen-bond donors (Lipinski definition) is 2. The van der Waals surface area contributed by atoms with Crippen molar-refractivity contribution in [2.75, 3.05) is 0 Å². The lowest BCUT2D eigenvalue weighted by atomic mass is 9.97. The first kappa shape index (κ1) is 13.6. The first-order valence-corrected chi connectivity index (χ1v) is 5.70. The van der Waals surface area contributed by atoms with E-state index in [-0.39, 0.29) is 11.4 Å². The van der Waals surface area contributed by atoms with Gasteiger partial charge in [-0.15, -0.1) is 0 Å². The first-order valence-electron chi connectivity index (χ1n) is 5.70. The van der Waals surface area contributed by atoms with Crippen LogP contribution >= 0.6 is 0 Å². The summed E-state index contributed by atoms with van der Waals surface area (Å²) in [5.41, 5.74) is 3.47. The smallest absolute Gasteiger partial charge is 0.163 e. The molecule has 0 heterocycles. The molecule has 5 heteroatoms. The Bertz CT molecular complexity index is 599. The summed E-state index contributed by atoms with van der Waals surface area (Å²) in [6.07, 6.45) is 0. The summed E-state index contributed by atoms with van der Waals surface area (Å²) in [5, 5.41) is 0. The van der Waals surface area contributed by atoms with E-state index in [1.807, 2.05) is 0 Å². The van der Waals surface area contributed by atoms with Crippen LogP contribution in [-0.4, -0.2) is 0 Å². The first-order chi connectivity index (χ1) is 9.04. The second-order valence-corrected chi connectivity index (χ2v) is 4.25. The molecule has 0 spiro atoms. The predicted molar refractivity (Wildman–Crippen MR) is 66.7 cm³/mol. The maximum atomic E-state index is 13.8. The molecule has 0 saturated carbocycles. The zero-order valence-corrected chi connectivity index (χ0v) is 10.3. The van der Waals surface area contributed by atoms with Gasteiger partial charge in [-0.3, -0.25) is 5.84 Å². The predicted octanol–water partition coefficient (Wildman–Crippen LogP) is 2.97. The van der Waals surface area contributed by atoms with E-state index in [1.165, 1.54) is 24.3 Å². The molecule has 1 unspecified atom stereocenters. The van der Waals surface area contributed by atoms with Gasteiger partial charge in [-0.2, -0.15) is 0 Å². The maximum absolute atomic E-state index is 13.8. The SMILES string of the molecule is Cc1cc(C(NN)c2cccc(F)c2F)ccc1F. The zero-order chi connectivity index (χ0) is 14.0. The van der Waals surface area contributed by atoms with Gasteiger partial charge in [0.15, 0.2) is 11.6 Å². The van der Waals surface area contributed by atoms with E-state index in [2.05, 4.69) is 5.43 Å². The lowest BCUT2D eigenvalue weighted by Crippen LogP contribution is -2.29. The van der Waals surface area contributed by atoms with E-state index in [4.69, 9.17) is 5.84 Å². The van der Waals surface area contributed by atoms with Crippen molar-refractivity contribution >= 4 is 0 Å². The zero-order valence-electron chi connectivity index (χ0n) is 10.3. The highest BCUT2D eigenvalue weighted by atomic mass is 19.2. The van der Waals surface area contributed by atoms with Gasteiger partial charge < -0.3 is 0 Å². The Labute approximate surface area is 109 Å². The molecule has 2 aromatic rings. The van der Waals surface area contributed by atoms with E-state index in [0.717, 1.165) is 6.07 Å². The van der Waals surface area contributed by atoms with E-state index in [1.54, 1.807) is 13.0 Å². The molecule has 0 amide bonds. The van der Waals surface area contributed by atoms with E-state index in [9.17, 15) is 13.2 Å². The third kappa shape index (κ3) is 2.62. The maximum Gasteiger partial charge on any atom is 0.163 e. The number of nitrogens with one attached hydrogen (secondary N) is 1. The normalized spacial score (nSPS) is 12.5. The summed E-state index contributed by atoms with van der Waals surface area (Å²) in [7, 11) is 0. The van der Waals surface area contributed by atoms with Gasteiger partial charge >= 0.3 is 0 Å². The highest BCUT2D eigenvalue weighted by Crippen LogP contribution is 2.26. The minimum Gasteiger partial charge on any atom is -0.271 e. The van der Waals surface area contributed by atoms with Crippen LogP contribution in [0.15, 0.2) is 36.4 Å². The molecule has 0 radical (unpaired) electrons. The molecule has 0 fully saturated rings. The largest absolute Gasteiger partial charge is 0.271 e. The number of benzene rings is 2. The second-order valence-electron chi connectivity index (χ2n) is 4.25. The molecular formula is C14H13F3N2. The average Bonchev–Trinajstić information content (AvgIpc) is 2.39. The highest BCUT2D eigenvalue weighted by molar-refractivity contribution is 5.35. The molecule has 3 N–H and O–H groups in total. The van der Waals surface area contributed by atoms with Gasteiger partial charge in [0.2, 0.25) is 0 Å². The van der Waals surface area contributed by atoms with Crippen molar-refractivity contribution in [3.05, 3.63) is 70.5 Å². The van der Waals surface area contributed by atoms with Crippen molar-refractivity contribution in [1.82, 2.24) is 5.43 Å². The van der Waals surface area contributed by atoms with Crippen LogP contribution in [0.25, 0.3) is 0 Å². The highest BCUT2D eigenvalue weighted by Gasteiger charge is 2.19. The van der Waals surface area contributed by atoms with Crippen LogP contribution in [0.5, 0.6) is 0 Å². The van der Waals surface area contributed by atoms with Crippen LogP contribution < -0.4 is 11.3 Å². The molecule has 1 atom stereocenters. The van der Waals surface area contributed by atoms with Gasteiger partial charge in [0.1, 0.15) is 5.82 Å². The molecule has 19 heavy (non-hydrogen) atoms. The Morgan fingerprint density at radius 3 is 2.42 bits per heavy atom. The Hall–Kier alpha value is -1.85. The molecular weight excluding hydrogens is 253 g/mol. The van der Waals surface area contributed by atoms with Crippen molar-refractivity contribution in [3.8, 4) is 0 Å². The quantitative estimate of drug-likeness (QED) is 0.662. The Kier molecular flexibility index (Phi) is 3.87. The van der Waals surface area contributed by atoms with Gasteiger partial charge in [-0.05, 0) is 30.2 Å². The van der Waals surface area contributed by atoms with Gasteiger partial charge in [-0.1, -0.05) is 24.3 Å². The monoisotopic (exact) mass is 266 g/mol. The van der Waals surface area contributed by atoms with Crippen LogP contribution in [0, 0.1) is 24.4 Å². The van der Waals surface area contributed by atoms with Crippen LogP contribution in [0.3, 0.4) is 0 Å². The van der Waals surface area contributed by atoms with Crippen LogP contribution in [0.1, 0.15) is 22.7 Å². The number of halogens is 3. The number of nitrogens with two attached hydrogens (primary N) is 1.